The first-order chi connectivity index (χ1) is 9.74. The Morgan fingerprint density at radius 2 is 2.00 bits per heavy atom. The Balaban J connectivity index is 1.79. The molecule has 20 heavy (non-hydrogen) atoms. The summed E-state index contributed by atoms with van der Waals surface area (Å²) in [6.45, 7) is 5.82. The summed E-state index contributed by atoms with van der Waals surface area (Å²) < 4.78 is 0. The van der Waals surface area contributed by atoms with Crippen LogP contribution in [0.1, 0.15) is 21.8 Å². The number of para-hydroxylation sites is 1. The molecule has 0 aliphatic heterocycles. The Bertz CT molecular complexity index is 733. The van der Waals surface area contributed by atoms with Crippen LogP contribution in [0.15, 0.2) is 35.8 Å². The van der Waals surface area contributed by atoms with E-state index in [2.05, 4.69) is 46.5 Å². The molecular formula is C16H17N3S. The molecule has 0 fully saturated rings. The molecule has 0 aliphatic rings. The van der Waals surface area contributed by atoms with E-state index in [1.165, 1.54) is 15.8 Å². The first-order valence-electron chi connectivity index (χ1n) is 6.69. The van der Waals surface area contributed by atoms with Crippen LogP contribution in [0.5, 0.6) is 0 Å². The van der Waals surface area contributed by atoms with Gasteiger partial charge < -0.3 is 5.32 Å². The number of aryl methyl sites for hydroxylation is 2. The quantitative estimate of drug-likeness (QED) is 0.795. The van der Waals surface area contributed by atoms with Crippen molar-refractivity contribution in [1.82, 2.24) is 15.3 Å². The van der Waals surface area contributed by atoms with Crippen molar-refractivity contribution in [2.75, 3.05) is 0 Å². The van der Waals surface area contributed by atoms with Crippen molar-refractivity contribution in [3.8, 4) is 0 Å². The van der Waals surface area contributed by atoms with Crippen molar-refractivity contribution >= 4 is 22.2 Å². The molecule has 1 N–H and O–H groups in total. The lowest BCUT2D eigenvalue weighted by Crippen LogP contribution is -2.13. The molecule has 3 nitrogen and oxygen atoms in total. The van der Waals surface area contributed by atoms with Crippen molar-refractivity contribution in [3.05, 3.63) is 57.7 Å². The van der Waals surface area contributed by atoms with E-state index in [1.807, 2.05) is 18.5 Å². The molecular weight excluding hydrogens is 266 g/mol. The summed E-state index contributed by atoms with van der Waals surface area (Å²) in [7, 11) is 0. The standard InChI is InChI=1S/C16H17N3S/c1-11-7-13(14-5-3-4-6-15(14)19-11)8-17-9-16-12(2)18-10-20-16/h3-7,10,17H,8-9H2,1-2H3. The zero-order valence-electron chi connectivity index (χ0n) is 11.7. The minimum atomic E-state index is 0.848. The van der Waals surface area contributed by atoms with Gasteiger partial charge in [-0.2, -0.15) is 0 Å². The normalized spacial score (nSPS) is 11.1. The van der Waals surface area contributed by atoms with Gasteiger partial charge in [-0.1, -0.05) is 18.2 Å². The lowest BCUT2D eigenvalue weighted by molar-refractivity contribution is 0.699. The van der Waals surface area contributed by atoms with Crippen LogP contribution in [0, 0.1) is 13.8 Å². The summed E-state index contributed by atoms with van der Waals surface area (Å²) in [5.74, 6) is 0. The molecule has 1 aromatic carbocycles. The summed E-state index contributed by atoms with van der Waals surface area (Å²) in [6, 6.07) is 10.5. The highest BCUT2D eigenvalue weighted by Gasteiger charge is 2.05. The molecule has 0 radical (unpaired) electrons. The summed E-state index contributed by atoms with van der Waals surface area (Å²) in [5.41, 5.74) is 6.46. The third kappa shape index (κ3) is 2.71. The van der Waals surface area contributed by atoms with Crippen LogP contribution in [-0.4, -0.2) is 9.97 Å². The summed E-state index contributed by atoms with van der Waals surface area (Å²) >= 11 is 1.71. The molecule has 0 amide bonds. The SMILES string of the molecule is Cc1cc(CNCc2scnc2C)c2ccccc2n1. The maximum atomic E-state index is 4.57. The molecule has 0 bridgehead atoms. The number of nitrogens with zero attached hydrogens (tertiary/aromatic N) is 2. The number of pyridine rings is 1. The number of thiazole rings is 1. The maximum absolute atomic E-state index is 4.57. The van der Waals surface area contributed by atoms with Crippen LogP contribution in [0.25, 0.3) is 10.9 Å². The Morgan fingerprint density at radius 1 is 1.15 bits per heavy atom. The van der Waals surface area contributed by atoms with Crippen molar-refractivity contribution < 1.29 is 0 Å². The molecule has 0 atom stereocenters. The highest BCUT2D eigenvalue weighted by molar-refractivity contribution is 7.09. The minimum Gasteiger partial charge on any atom is -0.308 e. The van der Waals surface area contributed by atoms with Gasteiger partial charge in [0, 0.05) is 29.0 Å². The predicted octanol–water partition coefficient (Wildman–Crippen LogP) is 3.60. The lowest BCUT2D eigenvalue weighted by atomic mass is 10.1. The van der Waals surface area contributed by atoms with Gasteiger partial charge in [-0.15, -0.1) is 11.3 Å². The lowest BCUT2D eigenvalue weighted by Gasteiger charge is -2.09. The Labute approximate surface area is 122 Å². The van der Waals surface area contributed by atoms with Crippen molar-refractivity contribution in [2.45, 2.75) is 26.9 Å². The topological polar surface area (TPSA) is 37.8 Å². The van der Waals surface area contributed by atoms with Crippen LogP contribution < -0.4 is 5.32 Å². The molecule has 4 heteroatoms. The molecule has 0 aliphatic carbocycles. The number of hydrogen-bond acceptors (Lipinski definition) is 4. The van der Waals surface area contributed by atoms with Gasteiger partial charge in [0.25, 0.3) is 0 Å². The number of hydrogen-bond donors (Lipinski definition) is 1. The van der Waals surface area contributed by atoms with Gasteiger partial charge in [-0.05, 0) is 31.5 Å². The predicted molar refractivity (Wildman–Crippen MR) is 83.9 cm³/mol. The minimum absolute atomic E-state index is 0.848. The van der Waals surface area contributed by atoms with Gasteiger partial charge >= 0.3 is 0 Å². The zero-order valence-corrected chi connectivity index (χ0v) is 12.5. The van der Waals surface area contributed by atoms with E-state index in [9.17, 15) is 0 Å². The van der Waals surface area contributed by atoms with Crippen LogP contribution >= 0.6 is 11.3 Å². The molecule has 3 rings (SSSR count). The van der Waals surface area contributed by atoms with Gasteiger partial charge in [0.15, 0.2) is 0 Å². The molecule has 0 saturated heterocycles. The fourth-order valence-corrected chi connectivity index (χ4v) is 3.09. The second-order valence-electron chi connectivity index (χ2n) is 4.90. The number of rotatable bonds is 4. The van der Waals surface area contributed by atoms with E-state index in [1.54, 1.807) is 11.3 Å². The van der Waals surface area contributed by atoms with E-state index in [-0.39, 0.29) is 0 Å². The fourth-order valence-electron chi connectivity index (χ4n) is 2.35. The van der Waals surface area contributed by atoms with Gasteiger partial charge in [-0.25, -0.2) is 4.98 Å². The Kier molecular flexibility index (Phi) is 3.76. The molecule has 2 heterocycles. The second-order valence-corrected chi connectivity index (χ2v) is 5.84. The van der Waals surface area contributed by atoms with Crippen molar-refractivity contribution in [1.29, 1.82) is 0 Å². The van der Waals surface area contributed by atoms with Crippen LogP contribution in [-0.2, 0) is 13.1 Å². The number of benzene rings is 1. The number of nitrogens with one attached hydrogen (secondary N) is 1. The monoisotopic (exact) mass is 283 g/mol. The van der Waals surface area contributed by atoms with E-state index >= 15 is 0 Å². The molecule has 0 unspecified atom stereocenters. The Hall–Kier alpha value is -1.78. The Morgan fingerprint density at radius 3 is 2.80 bits per heavy atom. The molecule has 3 aromatic rings. The molecule has 2 aromatic heterocycles. The highest BCUT2D eigenvalue weighted by Crippen LogP contribution is 2.18. The maximum Gasteiger partial charge on any atom is 0.0798 e. The molecule has 0 saturated carbocycles. The van der Waals surface area contributed by atoms with Crippen molar-refractivity contribution in [2.24, 2.45) is 0 Å². The first-order valence-corrected chi connectivity index (χ1v) is 7.57. The van der Waals surface area contributed by atoms with E-state index < -0.39 is 0 Å². The smallest absolute Gasteiger partial charge is 0.0798 e. The third-order valence-electron chi connectivity index (χ3n) is 3.38. The number of aromatic nitrogens is 2. The van der Waals surface area contributed by atoms with Crippen LogP contribution in [0.2, 0.25) is 0 Å². The first kappa shape index (κ1) is 13.2. The molecule has 0 spiro atoms. The van der Waals surface area contributed by atoms with Gasteiger partial charge in [0.1, 0.15) is 0 Å². The average molecular weight is 283 g/mol. The van der Waals surface area contributed by atoms with E-state index in [0.717, 1.165) is 30.0 Å². The zero-order chi connectivity index (χ0) is 13.9. The third-order valence-corrected chi connectivity index (χ3v) is 4.31. The van der Waals surface area contributed by atoms with E-state index in [0.29, 0.717) is 0 Å². The largest absolute Gasteiger partial charge is 0.308 e. The highest BCUT2D eigenvalue weighted by atomic mass is 32.1. The number of fused-ring (bicyclic) bond motifs is 1. The summed E-state index contributed by atoms with van der Waals surface area (Å²) in [6.07, 6.45) is 0. The van der Waals surface area contributed by atoms with Gasteiger partial charge in [0.2, 0.25) is 0 Å². The van der Waals surface area contributed by atoms with Crippen molar-refractivity contribution in [3.63, 3.8) is 0 Å². The summed E-state index contributed by atoms with van der Waals surface area (Å²) in [4.78, 5) is 10.2. The van der Waals surface area contributed by atoms with Gasteiger partial charge in [0.05, 0.1) is 16.7 Å². The van der Waals surface area contributed by atoms with Crippen LogP contribution in [0.3, 0.4) is 0 Å². The molecule has 102 valence electrons. The van der Waals surface area contributed by atoms with Crippen LogP contribution in [0.4, 0.5) is 0 Å². The van der Waals surface area contributed by atoms with E-state index in [4.69, 9.17) is 0 Å². The van der Waals surface area contributed by atoms with Gasteiger partial charge in [-0.3, -0.25) is 4.98 Å². The fraction of sp³-hybridized carbons (Fsp3) is 0.250. The average Bonchev–Trinajstić information content (AvgIpc) is 2.84. The second kappa shape index (κ2) is 5.69. The summed E-state index contributed by atoms with van der Waals surface area (Å²) in [5, 5.41) is 4.74.